The van der Waals surface area contributed by atoms with Crippen LogP contribution in [-0.4, -0.2) is 189 Å². The van der Waals surface area contributed by atoms with Crippen LogP contribution in [0.4, 0.5) is 167 Å². The fourth-order valence-electron chi connectivity index (χ4n) is 3.28. The van der Waals surface area contributed by atoms with Crippen LogP contribution in [0.15, 0.2) is 0 Å². The number of alkyl halides is 38. The topological polar surface area (TPSA) is 9.23 Å². The molecule has 60 heavy (non-hydrogen) atoms. The maximum atomic E-state index is 13.8. The molecule has 0 aliphatic carbocycles. The van der Waals surface area contributed by atoms with E-state index < -0.39 is 120 Å². The van der Waals surface area contributed by atoms with Gasteiger partial charge in [0.2, 0.25) is 0 Å². The minimum Gasteiger partial charge on any atom is -0.368 e. The summed E-state index contributed by atoms with van der Waals surface area (Å²) < 4.78 is 506. The van der Waals surface area contributed by atoms with E-state index in [0.717, 1.165) is 0 Å². The summed E-state index contributed by atoms with van der Waals surface area (Å²) in [5.41, 5.74) is 0. The van der Waals surface area contributed by atoms with Gasteiger partial charge in [0, 0.05) is 68.9 Å². The summed E-state index contributed by atoms with van der Waals surface area (Å²) in [6.45, 7) is -9.65. The van der Waals surface area contributed by atoms with E-state index >= 15 is 0 Å². The van der Waals surface area contributed by atoms with Gasteiger partial charge < -0.3 is 4.74 Å². The number of rotatable bonds is 18. The average molecular weight is 1120 g/mol. The van der Waals surface area contributed by atoms with Crippen molar-refractivity contribution in [1.29, 1.82) is 0 Å². The molecule has 0 unspecified atom stereocenters. The maximum absolute atomic E-state index is 13.8. The number of hydrogen-bond acceptors (Lipinski definition) is 1. The molecule has 0 aliphatic rings. The Balaban J connectivity index is 0. The van der Waals surface area contributed by atoms with E-state index in [1.54, 1.807) is 0 Å². The largest absolute Gasteiger partial charge is 0.460 e. The summed E-state index contributed by atoms with van der Waals surface area (Å²) in [4.78, 5) is 0. The Morgan fingerprint density at radius 1 is 0.183 bits per heavy atom. The molecule has 0 spiro atoms. The molecular formula is C20H4CsF38O. The quantitative estimate of drug-likeness (QED) is 0.124. The van der Waals surface area contributed by atoms with Crippen LogP contribution in [0.3, 0.4) is 0 Å². The molecule has 1 nitrogen and oxygen atoms in total. The van der Waals surface area contributed by atoms with E-state index in [1.165, 1.54) is 0 Å². The third-order valence-electron chi connectivity index (χ3n) is 6.93. The van der Waals surface area contributed by atoms with Crippen molar-refractivity contribution in [1.82, 2.24) is 0 Å². The van der Waals surface area contributed by atoms with Crippen molar-refractivity contribution >= 4 is 68.9 Å². The molecule has 357 valence electrons. The smallest absolute Gasteiger partial charge is 0.368 e. The Morgan fingerprint density at radius 2 is 0.300 bits per heavy atom. The van der Waals surface area contributed by atoms with Crippen LogP contribution in [0.5, 0.6) is 0 Å². The molecule has 1 radical (unpaired) electrons. The van der Waals surface area contributed by atoms with Crippen molar-refractivity contribution < 1.29 is 172 Å². The molecule has 0 aromatic heterocycles. The molecule has 0 saturated heterocycles. The molecule has 0 fully saturated rings. The molecule has 0 saturated carbocycles. The normalized spacial score (nSPS) is 16.9. The summed E-state index contributed by atoms with van der Waals surface area (Å²) in [6.07, 6.45) is -16.6. The molecule has 0 atom stereocenters. The van der Waals surface area contributed by atoms with Crippen LogP contribution in [0.2, 0.25) is 0 Å². The van der Waals surface area contributed by atoms with Crippen LogP contribution >= 0.6 is 0 Å². The minimum absolute atomic E-state index is 0. The third kappa shape index (κ3) is 7.95. The fourth-order valence-corrected chi connectivity index (χ4v) is 3.28. The van der Waals surface area contributed by atoms with E-state index in [2.05, 4.69) is 4.74 Å². The predicted molar refractivity (Wildman–Crippen MR) is 108 cm³/mol. The zero-order valence-corrected chi connectivity index (χ0v) is 32.5. The van der Waals surface area contributed by atoms with Crippen LogP contribution < -0.4 is 0 Å². The van der Waals surface area contributed by atoms with Crippen molar-refractivity contribution in [2.45, 2.75) is 107 Å². The second kappa shape index (κ2) is 15.8. The number of halogens is 38. The van der Waals surface area contributed by atoms with E-state index in [9.17, 15) is 167 Å². The van der Waals surface area contributed by atoms with Crippen molar-refractivity contribution in [2.75, 3.05) is 13.2 Å². The summed E-state index contributed by atoms with van der Waals surface area (Å²) >= 11 is 0. The van der Waals surface area contributed by atoms with Crippen molar-refractivity contribution in [3.8, 4) is 0 Å². The zero-order chi connectivity index (χ0) is 49.1. The monoisotopic (exact) mass is 1110 g/mol. The molecule has 0 aliphatic heterocycles. The molecule has 0 aromatic carbocycles. The van der Waals surface area contributed by atoms with Gasteiger partial charge in [0.1, 0.15) is 13.2 Å². The summed E-state index contributed by atoms with van der Waals surface area (Å²) in [7, 11) is 0. The Kier molecular flexibility index (Phi) is 16.1. The molecular weight excluding hydrogens is 1110 g/mol. The standard InChI is InChI=1S/C20H4F38O.Cs/c21-3(22,5(25,26)7(29,30)9(33,34)11(37,38)13(41,42)15(45,46)17(49,50)19(53,54)55)1-59-2-4(23,24)6(27,28)8(31,32)10(35,36)12(39,40)14(43,44)16(47,48)18(51,52)20(56,57)58;/h1-2H2;. The first-order valence-electron chi connectivity index (χ1n) is 12.5. The van der Waals surface area contributed by atoms with Gasteiger partial charge in [0.05, 0.1) is 0 Å². The second-order valence-corrected chi connectivity index (χ2v) is 10.9. The Morgan fingerprint density at radius 3 is 0.433 bits per heavy atom. The van der Waals surface area contributed by atoms with E-state index in [-0.39, 0.29) is 68.9 Å². The van der Waals surface area contributed by atoms with Gasteiger partial charge in [-0.3, -0.25) is 0 Å². The van der Waals surface area contributed by atoms with Crippen molar-refractivity contribution in [3.05, 3.63) is 0 Å². The van der Waals surface area contributed by atoms with Crippen LogP contribution in [0, 0.1) is 0 Å². The van der Waals surface area contributed by atoms with Crippen LogP contribution in [0.1, 0.15) is 0 Å². The minimum atomic E-state index is -9.60. The number of ether oxygens (including phenoxy) is 1. The molecule has 0 bridgehead atoms. The summed E-state index contributed by atoms with van der Waals surface area (Å²) in [5.74, 6) is -146. The molecule has 0 heterocycles. The Labute approximate surface area is 358 Å². The van der Waals surface area contributed by atoms with E-state index in [4.69, 9.17) is 0 Å². The van der Waals surface area contributed by atoms with Crippen LogP contribution in [0.25, 0.3) is 0 Å². The van der Waals surface area contributed by atoms with Gasteiger partial charge in [0.15, 0.2) is 0 Å². The SMILES string of the molecule is FC(F)(F)C(F)(F)C(F)(F)C(F)(F)C(F)(F)C(F)(F)C(F)(F)C(F)(F)C(F)(F)COCC(F)(F)C(F)(F)C(F)(F)C(F)(F)C(F)(F)C(F)(F)C(F)(F)C(F)(F)C(F)(F)F.[Cs]. The first kappa shape index (κ1) is 61.4. The molecule has 40 heteroatoms. The van der Waals surface area contributed by atoms with Gasteiger partial charge in [-0.15, -0.1) is 0 Å². The van der Waals surface area contributed by atoms with Gasteiger partial charge >= 0.3 is 107 Å². The van der Waals surface area contributed by atoms with Gasteiger partial charge in [0.25, 0.3) is 0 Å². The fraction of sp³-hybridized carbons (Fsp3) is 1.00. The van der Waals surface area contributed by atoms with E-state index in [0.29, 0.717) is 0 Å². The van der Waals surface area contributed by atoms with Gasteiger partial charge in [-0.2, -0.15) is 167 Å². The third-order valence-corrected chi connectivity index (χ3v) is 6.93. The predicted octanol–water partition coefficient (Wildman–Crippen LogP) is 11.9. The molecule has 0 N–H and O–H groups in total. The summed E-state index contributed by atoms with van der Waals surface area (Å²) in [6, 6.07) is 0. The van der Waals surface area contributed by atoms with Crippen molar-refractivity contribution in [3.63, 3.8) is 0 Å². The second-order valence-electron chi connectivity index (χ2n) is 10.9. The first-order valence-corrected chi connectivity index (χ1v) is 12.5. The first-order chi connectivity index (χ1) is 24.7. The summed E-state index contributed by atoms with van der Waals surface area (Å²) in [5, 5.41) is 0. The molecule has 0 aromatic rings. The molecule has 0 amide bonds. The Bertz CT molecular complexity index is 1380. The van der Waals surface area contributed by atoms with Gasteiger partial charge in [-0.1, -0.05) is 0 Å². The average Bonchev–Trinajstić information content (AvgIpc) is 2.98. The van der Waals surface area contributed by atoms with E-state index in [1.807, 2.05) is 0 Å². The number of hydrogen-bond donors (Lipinski definition) is 0. The molecule has 0 rings (SSSR count). The van der Waals surface area contributed by atoms with Crippen molar-refractivity contribution in [2.24, 2.45) is 0 Å². The zero-order valence-electron chi connectivity index (χ0n) is 26.2. The van der Waals surface area contributed by atoms with Gasteiger partial charge in [-0.25, -0.2) is 0 Å². The Hall–Kier alpha value is -0.648. The van der Waals surface area contributed by atoms with Gasteiger partial charge in [-0.05, 0) is 0 Å². The maximum Gasteiger partial charge on any atom is 0.460 e. The van der Waals surface area contributed by atoms with Crippen LogP contribution in [-0.2, 0) is 4.74 Å².